The minimum absolute atomic E-state index is 0.0131. The van der Waals surface area contributed by atoms with Gasteiger partial charge in [-0.3, -0.25) is 9.59 Å². The maximum absolute atomic E-state index is 12.0. The Morgan fingerprint density at radius 3 is 2.67 bits per heavy atom. The molecule has 1 saturated carbocycles. The molecule has 0 bridgehead atoms. The fraction of sp³-hybridized carbons (Fsp3) is 0.529. The number of nitrogens with one attached hydrogen (secondary N) is 2. The van der Waals surface area contributed by atoms with Crippen LogP contribution in [-0.2, 0) is 16.1 Å². The predicted molar refractivity (Wildman–Crippen MR) is 82.5 cm³/mol. The van der Waals surface area contributed by atoms with Gasteiger partial charge in [0, 0.05) is 12.6 Å². The minimum Gasteiger partial charge on any atom is -0.353 e. The minimum atomic E-state index is -0.154. The van der Waals surface area contributed by atoms with Crippen molar-refractivity contribution in [2.24, 2.45) is 11.8 Å². The average molecular weight is 288 g/mol. The highest BCUT2D eigenvalue weighted by molar-refractivity contribution is 5.92. The van der Waals surface area contributed by atoms with Gasteiger partial charge in [-0.15, -0.1) is 0 Å². The Balaban J connectivity index is 1.77. The molecule has 1 aromatic carbocycles. The normalized spacial score (nSPS) is 21.5. The zero-order valence-corrected chi connectivity index (χ0v) is 13.0. The van der Waals surface area contributed by atoms with Crippen LogP contribution in [0.5, 0.6) is 0 Å². The van der Waals surface area contributed by atoms with Crippen LogP contribution < -0.4 is 10.6 Å². The Morgan fingerprint density at radius 2 is 2.00 bits per heavy atom. The largest absolute Gasteiger partial charge is 0.353 e. The number of amides is 2. The molecule has 114 valence electrons. The molecule has 1 aromatic rings. The zero-order chi connectivity index (χ0) is 15.4. The van der Waals surface area contributed by atoms with Crippen LogP contribution in [0.25, 0.3) is 0 Å². The van der Waals surface area contributed by atoms with E-state index < -0.39 is 0 Å². The van der Waals surface area contributed by atoms with Gasteiger partial charge in [0.15, 0.2) is 0 Å². The Morgan fingerprint density at radius 1 is 1.29 bits per heavy atom. The molecule has 0 spiro atoms. The average Bonchev–Trinajstić information content (AvgIpc) is 3.25. The Kier molecular flexibility index (Phi) is 4.99. The van der Waals surface area contributed by atoms with Crippen LogP contribution in [0.15, 0.2) is 24.3 Å². The van der Waals surface area contributed by atoms with Crippen LogP contribution in [0.1, 0.15) is 37.8 Å². The second-order valence-corrected chi connectivity index (χ2v) is 5.97. The van der Waals surface area contributed by atoms with Crippen LogP contribution in [-0.4, -0.2) is 17.9 Å². The lowest BCUT2D eigenvalue weighted by atomic mass is 10.1. The SMILES string of the molecule is CCC(C)NC(=O)C1CC1C(=O)NCc1cccc(C)c1. The number of aryl methyl sites for hydroxylation is 1. The Hall–Kier alpha value is -1.84. The van der Waals surface area contributed by atoms with E-state index in [9.17, 15) is 9.59 Å². The van der Waals surface area contributed by atoms with Crippen molar-refractivity contribution in [3.05, 3.63) is 35.4 Å². The quantitative estimate of drug-likeness (QED) is 0.843. The second kappa shape index (κ2) is 6.74. The van der Waals surface area contributed by atoms with Crippen LogP contribution in [0.4, 0.5) is 0 Å². The van der Waals surface area contributed by atoms with Gasteiger partial charge in [-0.1, -0.05) is 36.8 Å². The summed E-state index contributed by atoms with van der Waals surface area (Å²) in [7, 11) is 0. The highest BCUT2D eigenvalue weighted by Crippen LogP contribution is 2.38. The van der Waals surface area contributed by atoms with E-state index in [1.807, 2.05) is 39.0 Å². The summed E-state index contributed by atoms with van der Waals surface area (Å²) in [6.07, 6.45) is 1.57. The Bertz CT molecular complexity index is 527. The third kappa shape index (κ3) is 4.31. The van der Waals surface area contributed by atoms with E-state index in [1.165, 1.54) is 5.56 Å². The summed E-state index contributed by atoms with van der Waals surface area (Å²) in [5.74, 6) is -0.295. The molecule has 1 aliphatic rings. The summed E-state index contributed by atoms with van der Waals surface area (Å²) < 4.78 is 0. The summed E-state index contributed by atoms with van der Waals surface area (Å²) in [5.41, 5.74) is 2.27. The van der Waals surface area contributed by atoms with Crippen LogP contribution in [0.3, 0.4) is 0 Å². The van der Waals surface area contributed by atoms with E-state index in [4.69, 9.17) is 0 Å². The van der Waals surface area contributed by atoms with E-state index in [-0.39, 0.29) is 29.7 Å². The molecule has 0 heterocycles. The molecule has 3 atom stereocenters. The molecule has 1 fully saturated rings. The number of hydrogen-bond donors (Lipinski definition) is 2. The predicted octanol–water partition coefficient (Wildman–Crippen LogP) is 2.16. The zero-order valence-electron chi connectivity index (χ0n) is 13.0. The van der Waals surface area contributed by atoms with E-state index in [0.29, 0.717) is 13.0 Å². The molecule has 2 rings (SSSR count). The molecule has 2 amide bonds. The van der Waals surface area contributed by atoms with Gasteiger partial charge in [0.1, 0.15) is 0 Å². The maximum atomic E-state index is 12.0. The van der Waals surface area contributed by atoms with Gasteiger partial charge in [-0.2, -0.15) is 0 Å². The molecule has 1 aliphatic carbocycles. The molecule has 4 heteroatoms. The summed E-state index contributed by atoms with van der Waals surface area (Å²) in [6, 6.07) is 8.24. The third-order valence-electron chi connectivity index (χ3n) is 4.01. The third-order valence-corrected chi connectivity index (χ3v) is 4.01. The monoisotopic (exact) mass is 288 g/mol. The molecule has 0 saturated heterocycles. The first-order valence-electron chi connectivity index (χ1n) is 7.65. The highest BCUT2D eigenvalue weighted by Gasteiger charge is 2.47. The standard InChI is InChI=1S/C17H24N2O2/c1-4-12(3)19-17(21)15-9-14(15)16(20)18-10-13-7-5-6-11(2)8-13/h5-8,12,14-15H,4,9-10H2,1-3H3,(H,18,20)(H,19,21). The van der Waals surface area contributed by atoms with E-state index in [2.05, 4.69) is 16.7 Å². The highest BCUT2D eigenvalue weighted by atomic mass is 16.2. The van der Waals surface area contributed by atoms with E-state index in [0.717, 1.165) is 12.0 Å². The molecule has 2 N–H and O–H groups in total. The number of carbonyl (C=O) groups excluding carboxylic acids is 2. The van der Waals surface area contributed by atoms with Crippen molar-refractivity contribution >= 4 is 11.8 Å². The lowest BCUT2D eigenvalue weighted by molar-refractivity contribution is -0.127. The van der Waals surface area contributed by atoms with Gasteiger partial charge in [0.2, 0.25) is 11.8 Å². The first-order chi connectivity index (χ1) is 10.0. The number of rotatable bonds is 6. The molecule has 3 unspecified atom stereocenters. The number of hydrogen-bond acceptors (Lipinski definition) is 2. The van der Waals surface area contributed by atoms with Crippen molar-refractivity contribution in [3.8, 4) is 0 Å². The van der Waals surface area contributed by atoms with Crippen LogP contribution in [0.2, 0.25) is 0 Å². The molecular formula is C17H24N2O2. The molecule has 0 aromatic heterocycles. The van der Waals surface area contributed by atoms with Crippen molar-refractivity contribution in [2.45, 2.75) is 46.2 Å². The molecule has 0 aliphatic heterocycles. The van der Waals surface area contributed by atoms with Gasteiger partial charge in [-0.25, -0.2) is 0 Å². The number of carbonyl (C=O) groups is 2. The van der Waals surface area contributed by atoms with Crippen molar-refractivity contribution in [2.75, 3.05) is 0 Å². The van der Waals surface area contributed by atoms with Gasteiger partial charge in [-0.05, 0) is 32.3 Å². The lowest BCUT2D eigenvalue weighted by Gasteiger charge is -2.11. The van der Waals surface area contributed by atoms with Crippen molar-refractivity contribution in [1.29, 1.82) is 0 Å². The van der Waals surface area contributed by atoms with Crippen LogP contribution in [0, 0.1) is 18.8 Å². The summed E-state index contributed by atoms with van der Waals surface area (Å²) in [6.45, 7) is 6.56. The maximum Gasteiger partial charge on any atom is 0.224 e. The van der Waals surface area contributed by atoms with Gasteiger partial charge in [0.25, 0.3) is 0 Å². The number of benzene rings is 1. The van der Waals surface area contributed by atoms with Crippen molar-refractivity contribution < 1.29 is 9.59 Å². The molecule has 4 nitrogen and oxygen atoms in total. The first-order valence-corrected chi connectivity index (χ1v) is 7.65. The topological polar surface area (TPSA) is 58.2 Å². The molecule has 0 radical (unpaired) electrons. The van der Waals surface area contributed by atoms with E-state index >= 15 is 0 Å². The summed E-state index contributed by atoms with van der Waals surface area (Å²) in [5, 5.41) is 5.86. The first kappa shape index (κ1) is 15.5. The Labute approximate surface area is 126 Å². The van der Waals surface area contributed by atoms with Crippen molar-refractivity contribution in [3.63, 3.8) is 0 Å². The smallest absolute Gasteiger partial charge is 0.224 e. The summed E-state index contributed by atoms with van der Waals surface area (Å²) in [4.78, 5) is 24.0. The van der Waals surface area contributed by atoms with Gasteiger partial charge < -0.3 is 10.6 Å². The molecule has 21 heavy (non-hydrogen) atoms. The van der Waals surface area contributed by atoms with Crippen LogP contribution >= 0.6 is 0 Å². The fourth-order valence-corrected chi connectivity index (χ4v) is 2.37. The van der Waals surface area contributed by atoms with E-state index in [1.54, 1.807) is 0 Å². The summed E-state index contributed by atoms with van der Waals surface area (Å²) >= 11 is 0. The lowest BCUT2D eigenvalue weighted by Crippen LogP contribution is -2.35. The molecular weight excluding hydrogens is 264 g/mol. The van der Waals surface area contributed by atoms with Crippen molar-refractivity contribution in [1.82, 2.24) is 10.6 Å². The van der Waals surface area contributed by atoms with Gasteiger partial charge >= 0.3 is 0 Å². The second-order valence-electron chi connectivity index (χ2n) is 5.97. The van der Waals surface area contributed by atoms with Gasteiger partial charge in [0.05, 0.1) is 11.8 Å². The fourth-order valence-electron chi connectivity index (χ4n) is 2.37.